The molecule has 1 aliphatic rings. The van der Waals surface area contributed by atoms with Gasteiger partial charge >= 0.3 is 0 Å². The second kappa shape index (κ2) is 6.06. The molecule has 0 amide bonds. The topological polar surface area (TPSA) is 43.6 Å². The molecule has 4 aromatic rings. The predicted octanol–water partition coefficient (Wildman–Crippen LogP) is 4.80. The van der Waals surface area contributed by atoms with Gasteiger partial charge in [-0.3, -0.25) is 9.97 Å². The maximum absolute atomic E-state index is 4.73. The second-order valence-corrected chi connectivity index (χ2v) is 7.02. The van der Waals surface area contributed by atoms with Crippen molar-refractivity contribution >= 4 is 10.9 Å². The minimum Gasteiger partial charge on any atom is -0.322 e. The van der Waals surface area contributed by atoms with Crippen molar-refractivity contribution < 1.29 is 0 Å². The van der Waals surface area contributed by atoms with Crippen LogP contribution in [0.2, 0.25) is 0 Å². The summed E-state index contributed by atoms with van der Waals surface area (Å²) >= 11 is 0. The standard InChI is InChI=1S/C22H20N4/c1-15-5-3-12-24-20(15)21(16-9-10-16)26-14-13-25-22(26)18-6-2-8-19-17(18)7-4-11-23-19/h2-8,11-14,16,21H,9-10H2,1H3. The fraction of sp³-hybridized carbons (Fsp3) is 0.227. The fourth-order valence-corrected chi connectivity index (χ4v) is 3.85. The monoisotopic (exact) mass is 340 g/mol. The Morgan fingerprint density at radius 3 is 2.62 bits per heavy atom. The van der Waals surface area contributed by atoms with Crippen LogP contribution in [0.15, 0.2) is 67.3 Å². The first-order valence-corrected chi connectivity index (χ1v) is 9.11. The van der Waals surface area contributed by atoms with E-state index in [9.17, 15) is 0 Å². The Balaban J connectivity index is 1.70. The molecule has 1 aliphatic carbocycles. The summed E-state index contributed by atoms with van der Waals surface area (Å²) in [7, 11) is 0. The van der Waals surface area contributed by atoms with Gasteiger partial charge in [0.2, 0.25) is 0 Å². The highest BCUT2D eigenvalue weighted by Gasteiger charge is 2.36. The summed E-state index contributed by atoms with van der Waals surface area (Å²) in [6.45, 7) is 2.15. The molecule has 26 heavy (non-hydrogen) atoms. The maximum atomic E-state index is 4.73. The molecule has 1 fully saturated rings. The van der Waals surface area contributed by atoms with E-state index in [-0.39, 0.29) is 6.04 Å². The smallest absolute Gasteiger partial charge is 0.141 e. The molecule has 0 N–H and O–H groups in total. The summed E-state index contributed by atoms with van der Waals surface area (Å²) in [5, 5.41) is 1.13. The largest absolute Gasteiger partial charge is 0.322 e. The Bertz CT molecular complexity index is 1070. The molecule has 3 aromatic heterocycles. The maximum Gasteiger partial charge on any atom is 0.141 e. The van der Waals surface area contributed by atoms with Crippen LogP contribution in [-0.2, 0) is 0 Å². The van der Waals surface area contributed by atoms with Crippen molar-refractivity contribution in [1.82, 2.24) is 19.5 Å². The van der Waals surface area contributed by atoms with E-state index in [0.29, 0.717) is 5.92 Å². The fourth-order valence-electron chi connectivity index (χ4n) is 3.85. The van der Waals surface area contributed by atoms with E-state index < -0.39 is 0 Å². The number of rotatable bonds is 4. The van der Waals surface area contributed by atoms with Gasteiger partial charge in [0.15, 0.2) is 0 Å². The lowest BCUT2D eigenvalue weighted by Crippen LogP contribution is -2.16. The quantitative estimate of drug-likeness (QED) is 0.536. The van der Waals surface area contributed by atoms with Crippen molar-refractivity contribution in [2.75, 3.05) is 0 Å². The third kappa shape index (κ3) is 2.49. The van der Waals surface area contributed by atoms with Gasteiger partial charge in [0.1, 0.15) is 5.82 Å². The van der Waals surface area contributed by atoms with Gasteiger partial charge in [-0.25, -0.2) is 4.98 Å². The number of hydrogen-bond donors (Lipinski definition) is 0. The Morgan fingerprint density at radius 2 is 1.77 bits per heavy atom. The minimum absolute atomic E-state index is 0.237. The molecule has 4 nitrogen and oxygen atoms in total. The molecule has 0 spiro atoms. The number of benzene rings is 1. The van der Waals surface area contributed by atoms with Crippen molar-refractivity contribution in [2.45, 2.75) is 25.8 Å². The van der Waals surface area contributed by atoms with Gasteiger partial charge in [0.25, 0.3) is 0 Å². The first-order chi connectivity index (χ1) is 12.8. The van der Waals surface area contributed by atoms with Crippen molar-refractivity contribution in [1.29, 1.82) is 0 Å². The average Bonchev–Trinajstić information content (AvgIpc) is 3.40. The molecule has 1 saturated carbocycles. The van der Waals surface area contributed by atoms with E-state index in [2.05, 4.69) is 46.9 Å². The molecule has 0 radical (unpaired) electrons. The highest BCUT2D eigenvalue weighted by Crippen LogP contribution is 2.45. The van der Waals surface area contributed by atoms with Gasteiger partial charge in [-0.15, -0.1) is 0 Å². The van der Waals surface area contributed by atoms with Crippen molar-refractivity contribution in [2.24, 2.45) is 5.92 Å². The van der Waals surface area contributed by atoms with Gasteiger partial charge in [-0.1, -0.05) is 24.3 Å². The van der Waals surface area contributed by atoms with Crippen molar-refractivity contribution in [3.8, 4) is 11.4 Å². The predicted molar refractivity (Wildman–Crippen MR) is 103 cm³/mol. The Kier molecular flexibility index (Phi) is 3.56. The molecule has 1 atom stereocenters. The molecule has 5 rings (SSSR count). The van der Waals surface area contributed by atoms with Crippen molar-refractivity contribution in [3.05, 3.63) is 78.5 Å². The van der Waals surface area contributed by atoms with Crippen LogP contribution < -0.4 is 0 Å². The molecule has 1 unspecified atom stereocenters. The van der Waals surface area contributed by atoms with Gasteiger partial charge in [0, 0.05) is 35.7 Å². The van der Waals surface area contributed by atoms with E-state index in [4.69, 9.17) is 9.97 Å². The number of imidazole rings is 1. The number of aryl methyl sites for hydroxylation is 1. The zero-order valence-corrected chi connectivity index (χ0v) is 14.7. The van der Waals surface area contributed by atoms with Gasteiger partial charge in [-0.2, -0.15) is 0 Å². The lowest BCUT2D eigenvalue weighted by Gasteiger charge is -2.22. The normalized spacial score (nSPS) is 15.3. The summed E-state index contributed by atoms with van der Waals surface area (Å²) in [4.78, 5) is 14.0. The summed E-state index contributed by atoms with van der Waals surface area (Å²) in [5.41, 5.74) is 4.52. The number of hydrogen-bond acceptors (Lipinski definition) is 3. The van der Waals surface area contributed by atoms with Gasteiger partial charge < -0.3 is 4.57 Å². The molecule has 4 heteroatoms. The Morgan fingerprint density at radius 1 is 0.923 bits per heavy atom. The van der Waals surface area contributed by atoms with Crippen LogP contribution in [0.1, 0.15) is 30.1 Å². The third-order valence-corrected chi connectivity index (χ3v) is 5.25. The molecule has 0 bridgehead atoms. The van der Waals surface area contributed by atoms with Gasteiger partial charge in [0.05, 0.1) is 17.3 Å². The molecule has 3 heterocycles. The van der Waals surface area contributed by atoms with E-state index in [1.807, 2.05) is 36.8 Å². The van der Waals surface area contributed by atoms with Crippen LogP contribution in [0.25, 0.3) is 22.3 Å². The number of aromatic nitrogens is 4. The summed E-state index contributed by atoms with van der Waals surface area (Å²) < 4.78 is 2.31. The minimum atomic E-state index is 0.237. The first kappa shape index (κ1) is 15.3. The van der Waals surface area contributed by atoms with E-state index in [1.54, 1.807) is 0 Å². The number of pyridine rings is 2. The lowest BCUT2D eigenvalue weighted by atomic mass is 10.0. The van der Waals surface area contributed by atoms with Crippen LogP contribution in [0.5, 0.6) is 0 Å². The molecular formula is C22H20N4. The zero-order valence-electron chi connectivity index (χ0n) is 14.7. The van der Waals surface area contributed by atoms with Crippen LogP contribution in [0, 0.1) is 12.8 Å². The molecule has 128 valence electrons. The van der Waals surface area contributed by atoms with Crippen LogP contribution in [0.3, 0.4) is 0 Å². The number of fused-ring (bicyclic) bond motifs is 1. The van der Waals surface area contributed by atoms with Crippen molar-refractivity contribution in [3.63, 3.8) is 0 Å². The average molecular weight is 340 g/mol. The lowest BCUT2D eigenvalue weighted by molar-refractivity contribution is 0.509. The SMILES string of the molecule is Cc1cccnc1C(C1CC1)n1ccnc1-c1cccc2ncccc12. The van der Waals surface area contributed by atoms with E-state index >= 15 is 0 Å². The molecule has 0 aliphatic heterocycles. The van der Waals surface area contributed by atoms with Crippen LogP contribution in [-0.4, -0.2) is 19.5 Å². The number of nitrogens with zero attached hydrogens (tertiary/aromatic N) is 4. The summed E-state index contributed by atoms with van der Waals surface area (Å²) in [6.07, 6.45) is 10.2. The zero-order chi connectivity index (χ0) is 17.5. The van der Waals surface area contributed by atoms with Crippen LogP contribution >= 0.6 is 0 Å². The van der Waals surface area contributed by atoms with Crippen LogP contribution in [0.4, 0.5) is 0 Å². The third-order valence-electron chi connectivity index (χ3n) is 5.25. The Hall–Kier alpha value is -3.01. The molecule has 1 aromatic carbocycles. The highest BCUT2D eigenvalue weighted by molar-refractivity contribution is 5.92. The van der Waals surface area contributed by atoms with Gasteiger partial charge in [-0.05, 0) is 49.4 Å². The van der Waals surface area contributed by atoms with E-state index in [1.165, 1.54) is 18.4 Å². The Labute approximate surface area is 152 Å². The van der Waals surface area contributed by atoms with E-state index in [0.717, 1.165) is 28.0 Å². The molecule has 0 saturated heterocycles. The summed E-state index contributed by atoms with van der Waals surface area (Å²) in [5.74, 6) is 1.62. The second-order valence-electron chi connectivity index (χ2n) is 7.02. The molecular weight excluding hydrogens is 320 g/mol. The highest BCUT2D eigenvalue weighted by atomic mass is 15.1. The summed E-state index contributed by atoms with van der Waals surface area (Å²) in [6, 6.07) is 14.7. The first-order valence-electron chi connectivity index (χ1n) is 9.11.